The van der Waals surface area contributed by atoms with Crippen LogP contribution in [0.4, 0.5) is 5.69 Å². The summed E-state index contributed by atoms with van der Waals surface area (Å²) in [5, 5.41) is 13.0. The Labute approximate surface area is 165 Å². The van der Waals surface area contributed by atoms with E-state index in [4.69, 9.17) is 28.6 Å². The Morgan fingerprint density at radius 1 is 1.27 bits per heavy atom. The molecule has 1 heterocycles. The number of halogens is 1. The Hall–Kier alpha value is -2.29. The van der Waals surface area contributed by atoms with Gasteiger partial charge in [-0.3, -0.25) is 5.43 Å². The van der Waals surface area contributed by atoms with Crippen LogP contribution < -0.4 is 15.5 Å². The van der Waals surface area contributed by atoms with Gasteiger partial charge in [0.1, 0.15) is 12.1 Å². The summed E-state index contributed by atoms with van der Waals surface area (Å²) in [4.78, 5) is 0. The van der Waals surface area contributed by atoms with E-state index in [1.165, 1.54) is 0 Å². The van der Waals surface area contributed by atoms with Crippen LogP contribution in [0.2, 0.25) is 5.02 Å². The van der Waals surface area contributed by atoms with Crippen LogP contribution in [0.5, 0.6) is 5.75 Å². The molecule has 134 valence electrons. The minimum absolute atomic E-state index is 0.423. The molecule has 1 aromatic heterocycles. The molecule has 3 rings (SSSR count). The molecule has 0 unspecified atom stereocenters. The van der Waals surface area contributed by atoms with Crippen molar-refractivity contribution in [1.29, 1.82) is 0 Å². The van der Waals surface area contributed by atoms with E-state index < -0.39 is 0 Å². The molecule has 0 radical (unpaired) electrons. The van der Waals surface area contributed by atoms with Gasteiger partial charge in [0, 0.05) is 22.5 Å². The van der Waals surface area contributed by atoms with Crippen molar-refractivity contribution in [2.24, 2.45) is 0 Å². The first kappa shape index (κ1) is 18.5. The largest absolute Gasteiger partial charge is 0.497 e. The lowest BCUT2D eigenvalue weighted by Gasteiger charge is -2.13. The summed E-state index contributed by atoms with van der Waals surface area (Å²) in [6, 6.07) is 15.2. The van der Waals surface area contributed by atoms with Crippen molar-refractivity contribution >= 4 is 46.4 Å². The standard InChI is InChI=1S/C17H16ClN5OS2/c1-24-15-4-2-3-14(9-15)20-16(25)22-23-11-19-21-17(23)26-10-12-5-7-13(18)8-6-12/h2-9,11H,10H2,1H3,(H2,20,22,25). The van der Waals surface area contributed by atoms with E-state index in [1.54, 1.807) is 29.9 Å². The van der Waals surface area contributed by atoms with E-state index in [0.717, 1.165) is 27.8 Å². The van der Waals surface area contributed by atoms with E-state index in [-0.39, 0.29) is 0 Å². The maximum absolute atomic E-state index is 5.91. The van der Waals surface area contributed by atoms with Gasteiger partial charge in [-0.1, -0.05) is 41.6 Å². The molecule has 0 aliphatic carbocycles. The van der Waals surface area contributed by atoms with Gasteiger partial charge in [-0.25, -0.2) is 4.68 Å². The lowest BCUT2D eigenvalue weighted by Crippen LogP contribution is -2.27. The normalized spacial score (nSPS) is 10.4. The van der Waals surface area contributed by atoms with Crippen molar-refractivity contribution in [2.45, 2.75) is 10.9 Å². The smallest absolute Gasteiger partial charge is 0.210 e. The first-order chi connectivity index (χ1) is 12.6. The number of ether oxygens (including phenoxy) is 1. The second kappa shape index (κ2) is 8.88. The van der Waals surface area contributed by atoms with Crippen LogP contribution >= 0.6 is 35.6 Å². The fraction of sp³-hybridized carbons (Fsp3) is 0.118. The highest BCUT2D eigenvalue weighted by atomic mass is 35.5. The van der Waals surface area contributed by atoms with E-state index in [1.807, 2.05) is 48.5 Å². The number of hydrogen-bond acceptors (Lipinski definition) is 5. The van der Waals surface area contributed by atoms with Crippen molar-refractivity contribution in [1.82, 2.24) is 14.9 Å². The lowest BCUT2D eigenvalue weighted by molar-refractivity contribution is 0.415. The number of aromatic nitrogens is 3. The Morgan fingerprint density at radius 3 is 2.85 bits per heavy atom. The molecule has 0 saturated carbocycles. The minimum Gasteiger partial charge on any atom is -0.497 e. The number of hydrogen-bond donors (Lipinski definition) is 2. The summed E-state index contributed by atoms with van der Waals surface area (Å²) in [5.41, 5.74) is 5.02. The monoisotopic (exact) mass is 405 g/mol. The summed E-state index contributed by atoms with van der Waals surface area (Å²) in [7, 11) is 1.62. The number of thiocarbonyl (C=S) groups is 1. The molecule has 0 fully saturated rings. The molecule has 0 amide bonds. The van der Waals surface area contributed by atoms with Crippen LogP contribution in [-0.4, -0.2) is 27.1 Å². The molecular weight excluding hydrogens is 390 g/mol. The highest BCUT2D eigenvalue weighted by Gasteiger charge is 2.08. The zero-order chi connectivity index (χ0) is 18.4. The van der Waals surface area contributed by atoms with Crippen LogP contribution in [0.15, 0.2) is 60.0 Å². The zero-order valence-electron chi connectivity index (χ0n) is 13.8. The number of methoxy groups -OCH3 is 1. The molecule has 0 atom stereocenters. The van der Waals surface area contributed by atoms with Crippen molar-refractivity contribution in [3.05, 3.63) is 65.4 Å². The van der Waals surface area contributed by atoms with Crippen LogP contribution in [0, 0.1) is 0 Å². The number of thioether (sulfide) groups is 1. The van der Waals surface area contributed by atoms with Gasteiger partial charge in [-0.05, 0) is 42.0 Å². The Morgan fingerprint density at radius 2 is 2.08 bits per heavy atom. The zero-order valence-corrected chi connectivity index (χ0v) is 16.2. The molecule has 26 heavy (non-hydrogen) atoms. The van der Waals surface area contributed by atoms with Gasteiger partial charge in [-0.15, -0.1) is 10.2 Å². The second-order valence-corrected chi connectivity index (χ2v) is 6.98. The fourth-order valence-corrected chi connectivity index (χ4v) is 3.26. The number of anilines is 1. The maximum atomic E-state index is 5.91. The summed E-state index contributed by atoms with van der Waals surface area (Å²) in [6.07, 6.45) is 1.57. The lowest BCUT2D eigenvalue weighted by atomic mass is 10.2. The van der Waals surface area contributed by atoms with Crippen LogP contribution in [-0.2, 0) is 5.75 Å². The number of nitrogens with one attached hydrogen (secondary N) is 2. The third-order valence-corrected chi connectivity index (χ3v) is 4.81. The van der Waals surface area contributed by atoms with Crippen molar-refractivity contribution in [3.63, 3.8) is 0 Å². The molecule has 0 saturated heterocycles. The molecule has 0 aliphatic heterocycles. The van der Waals surface area contributed by atoms with Gasteiger partial charge in [-0.2, -0.15) is 0 Å². The van der Waals surface area contributed by atoms with Crippen LogP contribution in [0.1, 0.15) is 5.56 Å². The molecule has 3 aromatic rings. The number of nitrogens with zero attached hydrogens (tertiary/aromatic N) is 3. The first-order valence-corrected chi connectivity index (χ1v) is 9.40. The van der Waals surface area contributed by atoms with E-state index in [2.05, 4.69) is 20.9 Å². The van der Waals surface area contributed by atoms with Gasteiger partial charge in [0.15, 0.2) is 5.11 Å². The Balaban J connectivity index is 1.59. The van der Waals surface area contributed by atoms with E-state index >= 15 is 0 Å². The molecule has 0 aliphatic rings. The van der Waals surface area contributed by atoms with Crippen molar-refractivity contribution < 1.29 is 4.74 Å². The molecule has 9 heteroatoms. The molecule has 6 nitrogen and oxygen atoms in total. The van der Waals surface area contributed by atoms with Crippen LogP contribution in [0.3, 0.4) is 0 Å². The molecule has 2 N–H and O–H groups in total. The average molecular weight is 406 g/mol. The summed E-state index contributed by atoms with van der Waals surface area (Å²) in [6.45, 7) is 0. The second-order valence-electron chi connectivity index (χ2n) is 5.20. The quantitative estimate of drug-likeness (QED) is 0.471. The van der Waals surface area contributed by atoms with Crippen LogP contribution in [0.25, 0.3) is 0 Å². The van der Waals surface area contributed by atoms with Gasteiger partial charge < -0.3 is 10.1 Å². The molecule has 0 spiro atoms. The molecule has 0 bridgehead atoms. The van der Waals surface area contributed by atoms with E-state index in [9.17, 15) is 0 Å². The topological polar surface area (TPSA) is 64.0 Å². The Bertz CT molecular complexity index is 885. The summed E-state index contributed by atoms with van der Waals surface area (Å²) >= 11 is 12.8. The number of benzene rings is 2. The predicted octanol–water partition coefficient (Wildman–Crippen LogP) is 4.17. The molecular formula is C17H16ClN5OS2. The third-order valence-electron chi connectivity index (χ3n) is 3.35. The van der Waals surface area contributed by atoms with E-state index in [0.29, 0.717) is 10.3 Å². The van der Waals surface area contributed by atoms with Gasteiger partial charge in [0.2, 0.25) is 5.16 Å². The van der Waals surface area contributed by atoms with Gasteiger partial charge in [0.25, 0.3) is 0 Å². The highest BCUT2D eigenvalue weighted by molar-refractivity contribution is 7.98. The summed E-state index contributed by atoms with van der Waals surface area (Å²) in [5.74, 6) is 1.49. The highest BCUT2D eigenvalue weighted by Crippen LogP contribution is 2.21. The first-order valence-electron chi connectivity index (χ1n) is 7.63. The molecule has 2 aromatic carbocycles. The SMILES string of the molecule is COc1cccc(NC(=S)Nn2cnnc2SCc2ccc(Cl)cc2)c1. The Kier molecular flexibility index (Phi) is 6.32. The minimum atomic E-state index is 0.423. The van der Waals surface area contributed by atoms with Crippen molar-refractivity contribution in [3.8, 4) is 5.75 Å². The van der Waals surface area contributed by atoms with Gasteiger partial charge >= 0.3 is 0 Å². The summed E-state index contributed by atoms with van der Waals surface area (Å²) < 4.78 is 6.88. The van der Waals surface area contributed by atoms with Gasteiger partial charge in [0.05, 0.1) is 7.11 Å². The number of rotatable bonds is 6. The maximum Gasteiger partial charge on any atom is 0.210 e. The predicted molar refractivity (Wildman–Crippen MR) is 110 cm³/mol. The van der Waals surface area contributed by atoms with Crippen molar-refractivity contribution in [2.75, 3.05) is 17.9 Å². The fourth-order valence-electron chi connectivity index (χ4n) is 2.10. The third kappa shape index (κ3) is 5.10. The average Bonchev–Trinajstić information content (AvgIpc) is 3.08.